The maximum Gasteiger partial charge on any atom is 0.270 e. The van der Waals surface area contributed by atoms with E-state index in [0.717, 1.165) is 11.1 Å². The van der Waals surface area contributed by atoms with Gasteiger partial charge >= 0.3 is 0 Å². The molecule has 0 aliphatic carbocycles. The number of nitrogens with zero attached hydrogens (tertiary/aromatic N) is 2. The van der Waals surface area contributed by atoms with E-state index in [1.54, 1.807) is 12.1 Å². The van der Waals surface area contributed by atoms with Gasteiger partial charge in [-0.15, -0.1) is 0 Å². The van der Waals surface area contributed by atoms with E-state index in [1.807, 2.05) is 60.7 Å². The number of ether oxygens (including phenoxy) is 2. The molecule has 0 saturated carbocycles. The summed E-state index contributed by atoms with van der Waals surface area (Å²) in [5, 5.41) is 22.7. The Kier molecular flexibility index (Phi) is 8.43. The third-order valence-corrected chi connectivity index (χ3v) is 7.38. The molecular formula is C26H20N2O6S2. The second-order valence-electron chi connectivity index (χ2n) is 7.49. The van der Waals surface area contributed by atoms with Crippen LogP contribution in [0.5, 0.6) is 11.5 Å². The smallest absolute Gasteiger partial charge is 0.270 e. The Labute approximate surface area is 215 Å². The van der Waals surface area contributed by atoms with Gasteiger partial charge in [0.1, 0.15) is 24.7 Å². The molecule has 0 aliphatic rings. The van der Waals surface area contributed by atoms with Gasteiger partial charge in [-0.1, -0.05) is 60.7 Å². The molecule has 0 amide bonds. The molecule has 0 radical (unpaired) electrons. The molecule has 8 nitrogen and oxygen atoms in total. The average molecular weight is 521 g/mol. The van der Waals surface area contributed by atoms with Gasteiger partial charge in [0.05, 0.1) is 19.6 Å². The van der Waals surface area contributed by atoms with Crippen LogP contribution in [0.25, 0.3) is 0 Å². The average Bonchev–Trinajstić information content (AvgIpc) is 2.91. The van der Waals surface area contributed by atoms with Gasteiger partial charge in [-0.2, -0.15) is 0 Å². The monoisotopic (exact) mass is 520 g/mol. The SMILES string of the molecule is O=[N+]([O-])c1ccc(OCc2ccccc2)c(SSc2cc([N+](=O)[O-])ccc2OCc2ccccc2)c1. The topological polar surface area (TPSA) is 105 Å². The summed E-state index contributed by atoms with van der Waals surface area (Å²) in [6.07, 6.45) is 0. The molecule has 0 fully saturated rings. The van der Waals surface area contributed by atoms with Crippen molar-refractivity contribution in [3.05, 3.63) is 128 Å². The van der Waals surface area contributed by atoms with E-state index >= 15 is 0 Å². The molecule has 0 bridgehead atoms. The number of benzene rings is 4. The number of hydrogen-bond acceptors (Lipinski definition) is 8. The van der Waals surface area contributed by atoms with Crippen LogP contribution in [-0.4, -0.2) is 9.85 Å². The Morgan fingerprint density at radius 1 is 0.583 bits per heavy atom. The van der Waals surface area contributed by atoms with Crippen LogP contribution in [0.1, 0.15) is 11.1 Å². The lowest BCUT2D eigenvalue weighted by molar-refractivity contribution is -0.385. The predicted octanol–water partition coefficient (Wildman–Crippen LogP) is 7.46. The third kappa shape index (κ3) is 6.77. The fourth-order valence-electron chi connectivity index (χ4n) is 3.15. The van der Waals surface area contributed by atoms with E-state index in [1.165, 1.54) is 45.9 Å². The van der Waals surface area contributed by atoms with Gasteiger partial charge in [0.25, 0.3) is 11.4 Å². The minimum Gasteiger partial charge on any atom is -0.488 e. The van der Waals surface area contributed by atoms with Crippen LogP contribution in [-0.2, 0) is 13.2 Å². The molecule has 10 heteroatoms. The fraction of sp³-hybridized carbons (Fsp3) is 0.0769. The van der Waals surface area contributed by atoms with Gasteiger partial charge in [-0.25, -0.2) is 0 Å². The van der Waals surface area contributed by atoms with E-state index in [4.69, 9.17) is 9.47 Å². The zero-order valence-corrected chi connectivity index (χ0v) is 20.4. The summed E-state index contributed by atoms with van der Waals surface area (Å²) in [6, 6.07) is 27.9. The number of rotatable bonds is 11. The number of nitro groups is 2. The second kappa shape index (κ2) is 12.1. The van der Waals surface area contributed by atoms with Crippen LogP contribution in [0.4, 0.5) is 11.4 Å². The predicted molar refractivity (Wildman–Crippen MR) is 139 cm³/mol. The zero-order valence-electron chi connectivity index (χ0n) is 18.8. The zero-order chi connectivity index (χ0) is 25.3. The van der Waals surface area contributed by atoms with Crippen molar-refractivity contribution in [1.82, 2.24) is 0 Å². The van der Waals surface area contributed by atoms with Crippen LogP contribution >= 0.6 is 21.6 Å². The highest BCUT2D eigenvalue weighted by atomic mass is 33.1. The summed E-state index contributed by atoms with van der Waals surface area (Å²) in [6.45, 7) is 0.582. The van der Waals surface area contributed by atoms with Gasteiger partial charge in [0.2, 0.25) is 0 Å². The summed E-state index contributed by atoms with van der Waals surface area (Å²) in [5.41, 5.74) is 1.75. The van der Waals surface area contributed by atoms with E-state index < -0.39 is 9.85 Å². The molecule has 36 heavy (non-hydrogen) atoms. The largest absolute Gasteiger partial charge is 0.488 e. The van der Waals surface area contributed by atoms with E-state index in [-0.39, 0.29) is 11.4 Å². The Balaban J connectivity index is 1.56. The van der Waals surface area contributed by atoms with Crippen molar-refractivity contribution in [3.8, 4) is 11.5 Å². The molecule has 0 unspecified atom stereocenters. The van der Waals surface area contributed by atoms with Crippen LogP contribution in [0.2, 0.25) is 0 Å². The molecule has 0 aliphatic heterocycles. The normalized spacial score (nSPS) is 10.6. The van der Waals surface area contributed by atoms with Crippen molar-refractivity contribution in [3.63, 3.8) is 0 Å². The van der Waals surface area contributed by atoms with Gasteiger partial charge in [0.15, 0.2) is 0 Å². The quantitative estimate of drug-likeness (QED) is 0.114. The van der Waals surface area contributed by atoms with Crippen LogP contribution in [0, 0.1) is 20.2 Å². The lowest BCUT2D eigenvalue weighted by atomic mass is 10.2. The minimum absolute atomic E-state index is 0.0789. The molecule has 0 aromatic heterocycles. The summed E-state index contributed by atoms with van der Waals surface area (Å²) in [4.78, 5) is 22.8. The standard InChI is InChI=1S/C26H20N2O6S2/c29-27(30)21-11-13-23(33-17-19-7-3-1-4-8-19)25(15-21)35-36-26-16-22(28(31)32)12-14-24(26)34-18-20-9-5-2-6-10-20/h1-16H,17-18H2. The highest BCUT2D eigenvalue weighted by molar-refractivity contribution is 8.76. The van der Waals surface area contributed by atoms with Crippen molar-refractivity contribution >= 4 is 33.0 Å². The van der Waals surface area contributed by atoms with Gasteiger partial charge in [0, 0.05) is 24.3 Å². The molecule has 182 valence electrons. The number of hydrogen-bond donors (Lipinski definition) is 0. The van der Waals surface area contributed by atoms with Crippen molar-refractivity contribution in [1.29, 1.82) is 0 Å². The van der Waals surface area contributed by atoms with E-state index in [0.29, 0.717) is 34.5 Å². The lowest BCUT2D eigenvalue weighted by Crippen LogP contribution is -1.98. The molecule has 0 atom stereocenters. The molecule has 4 rings (SSSR count). The molecule has 4 aromatic rings. The summed E-state index contributed by atoms with van der Waals surface area (Å²) in [5.74, 6) is 0.943. The van der Waals surface area contributed by atoms with Gasteiger partial charge in [-0.05, 0) is 44.8 Å². The fourth-order valence-corrected chi connectivity index (χ4v) is 5.41. The molecule has 0 spiro atoms. The highest BCUT2D eigenvalue weighted by Gasteiger charge is 2.17. The molecule has 0 N–H and O–H groups in total. The second-order valence-corrected chi connectivity index (χ2v) is 9.70. The highest BCUT2D eigenvalue weighted by Crippen LogP contribution is 2.47. The number of non-ortho nitro benzene ring substituents is 2. The maximum absolute atomic E-state index is 11.4. The first-order chi connectivity index (χ1) is 17.5. The van der Waals surface area contributed by atoms with Crippen LogP contribution in [0.3, 0.4) is 0 Å². The van der Waals surface area contributed by atoms with Crippen LogP contribution < -0.4 is 9.47 Å². The van der Waals surface area contributed by atoms with Gasteiger partial charge < -0.3 is 9.47 Å². The lowest BCUT2D eigenvalue weighted by Gasteiger charge is -2.13. The maximum atomic E-state index is 11.4. The Morgan fingerprint density at radius 2 is 0.972 bits per heavy atom. The first-order valence-corrected chi connectivity index (χ1v) is 12.9. The van der Waals surface area contributed by atoms with Crippen molar-refractivity contribution in [2.75, 3.05) is 0 Å². The van der Waals surface area contributed by atoms with Crippen molar-refractivity contribution in [2.24, 2.45) is 0 Å². The van der Waals surface area contributed by atoms with Crippen LogP contribution in [0.15, 0.2) is 107 Å². The molecule has 0 heterocycles. The summed E-state index contributed by atoms with van der Waals surface area (Å²) < 4.78 is 11.9. The van der Waals surface area contributed by atoms with Crippen molar-refractivity contribution in [2.45, 2.75) is 23.0 Å². The van der Waals surface area contributed by atoms with Gasteiger partial charge in [-0.3, -0.25) is 20.2 Å². The first-order valence-electron chi connectivity index (χ1n) is 10.7. The summed E-state index contributed by atoms with van der Waals surface area (Å²) in [7, 11) is 2.42. The Bertz CT molecular complexity index is 1250. The molecule has 0 saturated heterocycles. The first kappa shape index (κ1) is 25.1. The Hall–Kier alpha value is -4.02. The third-order valence-electron chi connectivity index (χ3n) is 4.97. The molecule has 4 aromatic carbocycles. The summed E-state index contributed by atoms with van der Waals surface area (Å²) >= 11 is 0. The van der Waals surface area contributed by atoms with E-state index in [2.05, 4.69) is 0 Å². The minimum atomic E-state index is -0.475. The molecular weight excluding hydrogens is 500 g/mol. The Morgan fingerprint density at radius 3 is 1.33 bits per heavy atom. The van der Waals surface area contributed by atoms with E-state index in [9.17, 15) is 20.2 Å². The van der Waals surface area contributed by atoms with Crippen molar-refractivity contribution < 1.29 is 19.3 Å². The number of nitro benzene ring substituents is 2.